The van der Waals surface area contributed by atoms with Gasteiger partial charge in [-0.1, -0.05) is 34.6 Å². The minimum absolute atomic E-state index is 0.253. The molecule has 1 saturated carbocycles. The lowest BCUT2D eigenvalue weighted by Gasteiger charge is -2.10. The summed E-state index contributed by atoms with van der Waals surface area (Å²) >= 11 is 1.76. The summed E-state index contributed by atoms with van der Waals surface area (Å²) in [4.78, 5) is 2.51. The van der Waals surface area contributed by atoms with E-state index in [9.17, 15) is 5.11 Å². The van der Waals surface area contributed by atoms with Gasteiger partial charge in [0.2, 0.25) is 0 Å². The largest absolute Gasteiger partial charge is 0.387 e. The first-order chi connectivity index (χ1) is 7.32. The predicted molar refractivity (Wildman–Crippen MR) is 69.7 cm³/mol. The van der Waals surface area contributed by atoms with Crippen LogP contribution in [0.25, 0.3) is 0 Å². The van der Waals surface area contributed by atoms with Crippen LogP contribution in [-0.4, -0.2) is 5.11 Å². The first-order valence-electron chi connectivity index (χ1n) is 6.09. The monoisotopic (exact) mass is 238 g/mol. The SMILES string of the molecule is CCc1ccc(C(O)C2C(C)(C)C2(C)C)s1. The Kier molecular flexibility index (Phi) is 2.71. The van der Waals surface area contributed by atoms with Crippen molar-refractivity contribution in [2.24, 2.45) is 16.7 Å². The molecule has 1 nitrogen and oxygen atoms in total. The number of thiophene rings is 1. The summed E-state index contributed by atoms with van der Waals surface area (Å²) in [7, 11) is 0. The molecule has 0 amide bonds. The zero-order valence-corrected chi connectivity index (χ0v) is 11.7. The molecule has 1 aliphatic rings. The Morgan fingerprint density at radius 2 is 1.81 bits per heavy atom. The molecule has 0 radical (unpaired) electrons. The van der Waals surface area contributed by atoms with Crippen molar-refractivity contribution in [2.45, 2.75) is 47.1 Å². The van der Waals surface area contributed by atoms with Gasteiger partial charge in [-0.3, -0.25) is 0 Å². The van der Waals surface area contributed by atoms with Crippen LogP contribution in [0.3, 0.4) is 0 Å². The maximum atomic E-state index is 10.5. The van der Waals surface area contributed by atoms with Crippen LogP contribution >= 0.6 is 11.3 Å². The first kappa shape index (κ1) is 12.1. The summed E-state index contributed by atoms with van der Waals surface area (Å²) in [6.07, 6.45) is 0.782. The summed E-state index contributed by atoms with van der Waals surface area (Å²) in [5.74, 6) is 0.392. The molecule has 0 bridgehead atoms. The highest BCUT2D eigenvalue weighted by Gasteiger charge is 2.67. The third-order valence-electron chi connectivity index (χ3n) is 4.77. The molecule has 2 heteroatoms. The van der Waals surface area contributed by atoms with Gasteiger partial charge in [0.05, 0.1) is 6.10 Å². The van der Waals surface area contributed by atoms with Gasteiger partial charge in [-0.25, -0.2) is 0 Å². The number of aliphatic hydroxyl groups excluding tert-OH is 1. The summed E-state index contributed by atoms with van der Waals surface area (Å²) < 4.78 is 0. The molecule has 0 spiro atoms. The van der Waals surface area contributed by atoms with Gasteiger partial charge in [0.1, 0.15) is 0 Å². The van der Waals surface area contributed by atoms with Gasteiger partial charge in [-0.05, 0) is 29.4 Å². The van der Waals surface area contributed by atoms with E-state index in [4.69, 9.17) is 0 Å². The van der Waals surface area contributed by atoms with E-state index in [2.05, 4.69) is 46.8 Å². The molecule has 1 unspecified atom stereocenters. The van der Waals surface area contributed by atoms with Crippen molar-refractivity contribution in [3.05, 3.63) is 21.9 Å². The summed E-state index contributed by atoms with van der Waals surface area (Å²) in [6.45, 7) is 11.2. The van der Waals surface area contributed by atoms with Crippen LogP contribution in [-0.2, 0) is 6.42 Å². The maximum absolute atomic E-state index is 10.5. The molecule has 1 atom stereocenters. The Labute approximate surface area is 103 Å². The minimum Gasteiger partial charge on any atom is -0.387 e. The molecule has 1 fully saturated rings. The fourth-order valence-electron chi connectivity index (χ4n) is 2.94. The number of rotatable bonds is 3. The lowest BCUT2D eigenvalue weighted by atomic mass is 10.0. The van der Waals surface area contributed by atoms with Gasteiger partial charge in [-0.15, -0.1) is 11.3 Å². The number of hydrogen-bond acceptors (Lipinski definition) is 2. The molecule has 16 heavy (non-hydrogen) atoms. The van der Waals surface area contributed by atoms with Crippen LogP contribution in [0.5, 0.6) is 0 Å². The Morgan fingerprint density at radius 3 is 2.19 bits per heavy atom. The van der Waals surface area contributed by atoms with E-state index in [-0.39, 0.29) is 16.9 Å². The van der Waals surface area contributed by atoms with Crippen molar-refractivity contribution in [1.82, 2.24) is 0 Å². The summed E-state index contributed by atoms with van der Waals surface area (Å²) in [6, 6.07) is 4.24. The quantitative estimate of drug-likeness (QED) is 0.843. The van der Waals surface area contributed by atoms with Crippen LogP contribution in [0.4, 0.5) is 0 Å². The fraction of sp³-hybridized carbons (Fsp3) is 0.714. The zero-order valence-electron chi connectivity index (χ0n) is 10.9. The fourth-order valence-corrected chi connectivity index (χ4v) is 3.92. The van der Waals surface area contributed by atoms with E-state index in [0.29, 0.717) is 5.92 Å². The van der Waals surface area contributed by atoms with Crippen molar-refractivity contribution in [3.63, 3.8) is 0 Å². The number of aryl methyl sites for hydroxylation is 1. The van der Waals surface area contributed by atoms with Gasteiger partial charge in [-0.2, -0.15) is 0 Å². The average molecular weight is 238 g/mol. The highest BCUT2D eigenvalue weighted by molar-refractivity contribution is 7.12. The maximum Gasteiger partial charge on any atom is 0.0920 e. The van der Waals surface area contributed by atoms with E-state index >= 15 is 0 Å². The van der Waals surface area contributed by atoms with Gasteiger partial charge in [0.25, 0.3) is 0 Å². The van der Waals surface area contributed by atoms with E-state index in [1.807, 2.05) is 0 Å². The molecular weight excluding hydrogens is 216 g/mol. The van der Waals surface area contributed by atoms with E-state index in [1.165, 1.54) is 4.88 Å². The Hall–Kier alpha value is -0.340. The van der Waals surface area contributed by atoms with Crippen molar-refractivity contribution in [1.29, 1.82) is 0 Å². The molecule has 2 rings (SSSR count). The zero-order chi connectivity index (χ0) is 12.1. The summed E-state index contributed by atoms with van der Waals surface area (Å²) in [5.41, 5.74) is 0.506. The van der Waals surface area contributed by atoms with Gasteiger partial charge >= 0.3 is 0 Å². The topological polar surface area (TPSA) is 20.2 Å². The molecule has 1 heterocycles. The standard InChI is InChI=1S/C14H22OS/c1-6-9-7-8-10(16-9)11(15)12-13(2,3)14(12,4)5/h7-8,11-12,15H,6H2,1-5H3. The van der Waals surface area contributed by atoms with Gasteiger partial charge in [0, 0.05) is 15.7 Å². The van der Waals surface area contributed by atoms with Crippen molar-refractivity contribution in [2.75, 3.05) is 0 Å². The Morgan fingerprint density at radius 1 is 1.25 bits per heavy atom. The predicted octanol–water partition coefficient (Wildman–Crippen LogP) is 4.03. The lowest BCUT2D eigenvalue weighted by Crippen LogP contribution is -2.03. The molecule has 1 aromatic heterocycles. The number of aliphatic hydroxyl groups is 1. The highest BCUT2D eigenvalue weighted by Crippen LogP contribution is 2.72. The van der Waals surface area contributed by atoms with Crippen LogP contribution in [0.15, 0.2) is 12.1 Å². The van der Waals surface area contributed by atoms with Crippen molar-refractivity contribution in [3.8, 4) is 0 Å². The lowest BCUT2D eigenvalue weighted by molar-refractivity contribution is 0.134. The molecule has 0 aliphatic heterocycles. The van der Waals surface area contributed by atoms with E-state index in [0.717, 1.165) is 11.3 Å². The molecule has 1 N–H and O–H groups in total. The molecule has 90 valence electrons. The van der Waals surface area contributed by atoms with Crippen LogP contribution in [0.1, 0.15) is 50.5 Å². The van der Waals surface area contributed by atoms with Crippen molar-refractivity contribution >= 4 is 11.3 Å². The second-order valence-corrected chi connectivity index (χ2v) is 7.22. The highest BCUT2D eigenvalue weighted by atomic mass is 32.1. The Bertz CT molecular complexity index is 375. The molecule has 0 saturated heterocycles. The van der Waals surface area contributed by atoms with Crippen molar-refractivity contribution < 1.29 is 5.11 Å². The van der Waals surface area contributed by atoms with Crippen LogP contribution in [0.2, 0.25) is 0 Å². The second-order valence-electron chi connectivity index (χ2n) is 6.02. The minimum atomic E-state index is -0.282. The van der Waals surface area contributed by atoms with Gasteiger partial charge < -0.3 is 5.11 Å². The smallest absolute Gasteiger partial charge is 0.0920 e. The van der Waals surface area contributed by atoms with Crippen LogP contribution < -0.4 is 0 Å². The molecular formula is C14H22OS. The average Bonchev–Trinajstić information content (AvgIpc) is 2.59. The molecule has 1 aromatic rings. The van der Waals surface area contributed by atoms with E-state index in [1.54, 1.807) is 11.3 Å². The molecule has 1 aliphatic carbocycles. The first-order valence-corrected chi connectivity index (χ1v) is 6.90. The normalized spacial score (nSPS) is 24.4. The molecule has 0 aromatic carbocycles. The van der Waals surface area contributed by atoms with E-state index < -0.39 is 0 Å². The summed E-state index contributed by atoms with van der Waals surface area (Å²) in [5, 5.41) is 10.5. The van der Waals surface area contributed by atoms with Crippen LogP contribution in [0, 0.1) is 16.7 Å². The van der Waals surface area contributed by atoms with Gasteiger partial charge in [0.15, 0.2) is 0 Å². The Balaban J connectivity index is 2.18. The second kappa shape index (κ2) is 3.58. The third kappa shape index (κ3) is 1.54. The third-order valence-corrected chi connectivity index (χ3v) is 6.07. The number of hydrogen-bond donors (Lipinski definition) is 1.